The van der Waals surface area contributed by atoms with E-state index in [0.29, 0.717) is 29.4 Å². The molecule has 0 bridgehead atoms. The molecule has 0 aliphatic rings. The van der Waals surface area contributed by atoms with E-state index in [2.05, 4.69) is 10.6 Å². The highest BCUT2D eigenvalue weighted by Crippen LogP contribution is 2.28. The number of carbonyl (C=O) groups is 2. The van der Waals surface area contributed by atoms with Crippen molar-refractivity contribution in [3.8, 4) is 11.5 Å². The summed E-state index contributed by atoms with van der Waals surface area (Å²) in [5.74, 6) is 0.713. The first-order chi connectivity index (χ1) is 13.9. The van der Waals surface area contributed by atoms with E-state index in [1.54, 1.807) is 43.5 Å². The van der Waals surface area contributed by atoms with Crippen molar-refractivity contribution in [3.63, 3.8) is 0 Å². The Hall–Kier alpha value is -3.28. The summed E-state index contributed by atoms with van der Waals surface area (Å²) < 4.78 is 11.0. The number of ether oxygens (including phenoxy) is 2. The van der Waals surface area contributed by atoms with Crippen LogP contribution in [0.5, 0.6) is 11.5 Å². The molecule has 6 heteroatoms. The summed E-state index contributed by atoms with van der Waals surface area (Å²) in [6.07, 6.45) is 4.00. The number of hydrogen-bond donors (Lipinski definition) is 2. The van der Waals surface area contributed by atoms with E-state index in [4.69, 9.17) is 9.47 Å². The number of methoxy groups -OCH3 is 1. The quantitative estimate of drug-likeness (QED) is 0.621. The molecule has 0 saturated carbocycles. The van der Waals surface area contributed by atoms with Gasteiger partial charge in [0.2, 0.25) is 5.91 Å². The zero-order valence-electron chi connectivity index (χ0n) is 17.3. The van der Waals surface area contributed by atoms with E-state index in [1.165, 1.54) is 6.08 Å². The highest BCUT2D eigenvalue weighted by molar-refractivity contribution is 6.07. The molecule has 0 saturated heterocycles. The van der Waals surface area contributed by atoms with Crippen LogP contribution >= 0.6 is 0 Å². The van der Waals surface area contributed by atoms with Crippen molar-refractivity contribution in [2.75, 3.05) is 19.0 Å². The van der Waals surface area contributed by atoms with Crippen molar-refractivity contribution in [2.45, 2.75) is 33.2 Å². The molecule has 29 heavy (non-hydrogen) atoms. The third-order valence-electron chi connectivity index (χ3n) is 3.93. The summed E-state index contributed by atoms with van der Waals surface area (Å²) in [5, 5.41) is 5.59. The van der Waals surface area contributed by atoms with Gasteiger partial charge in [-0.05, 0) is 56.2 Å². The lowest BCUT2D eigenvalue weighted by Crippen LogP contribution is -2.30. The number of benzene rings is 2. The lowest BCUT2D eigenvalue weighted by atomic mass is 10.1. The van der Waals surface area contributed by atoms with Crippen molar-refractivity contribution < 1.29 is 19.1 Å². The van der Waals surface area contributed by atoms with Gasteiger partial charge in [0.15, 0.2) is 11.5 Å². The van der Waals surface area contributed by atoms with Gasteiger partial charge in [0.1, 0.15) is 0 Å². The fourth-order valence-electron chi connectivity index (χ4n) is 2.60. The van der Waals surface area contributed by atoms with Crippen LogP contribution in [0.15, 0.2) is 48.5 Å². The molecule has 0 fully saturated rings. The molecule has 2 aromatic rings. The Kier molecular flexibility index (Phi) is 8.27. The first-order valence-electron chi connectivity index (χ1n) is 9.64. The van der Waals surface area contributed by atoms with Gasteiger partial charge in [-0.25, -0.2) is 0 Å². The maximum atomic E-state index is 12.4. The molecular weight excluding hydrogens is 368 g/mol. The number of rotatable bonds is 9. The SMILES string of the molecule is CCCOc1ccc(/C=C/C(=O)Nc2ccccc2C(=O)NC(C)C)cc1OC. The van der Waals surface area contributed by atoms with Crippen molar-refractivity contribution in [2.24, 2.45) is 0 Å². The fourth-order valence-corrected chi connectivity index (χ4v) is 2.60. The Morgan fingerprint density at radius 3 is 2.55 bits per heavy atom. The second-order valence-corrected chi connectivity index (χ2v) is 6.76. The van der Waals surface area contributed by atoms with Crippen LogP contribution < -0.4 is 20.1 Å². The molecule has 0 atom stereocenters. The van der Waals surface area contributed by atoms with Gasteiger partial charge in [0.05, 0.1) is 25.0 Å². The second-order valence-electron chi connectivity index (χ2n) is 6.76. The van der Waals surface area contributed by atoms with Crippen molar-refractivity contribution in [1.82, 2.24) is 5.32 Å². The fraction of sp³-hybridized carbons (Fsp3) is 0.304. The number of nitrogens with one attached hydrogen (secondary N) is 2. The lowest BCUT2D eigenvalue weighted by Gasteiger charge is -2.12. The Balaban J connectivity index is 2.10. The summed E-state index contributed by atoms with van der Waals surface area (Å²) in [4.78, 5) is 24.7. The number of anilines is 1. The van der Waals surface area contributed by atoms with E-state index in [9.17, 15) is 9.59 Å². The molecule has 2 amide bonds. The molecule has 2 N–H and O–H groups in total. The number of amides is 2. The van der Waals surface area contributed by atoms with E-state index in [-0.39, 0.29) is 17.9 Å². The van der Waals surface area contributed by atoms with Gasteiger partial charge >= 0.3 is 0 Å². The molecule has 0 aromatic heterocycles. The average molecular weight is 396 g/mol. The summed E-state index contributed by atoms with van der Waals surface area (Å²) in [6, 6.07) is 12.4. The second kappa shape index (κ2) is 10.9. The smallest absolute Gasteiger partial charge is 0.253 e. The summed E-state index contributed by atoms with van der Waals surface area (Å²) in [7, 11) is 1.58. The minimum atomic E-state index is -0.333. The third kappa shape index (κ3) is 6.68. The minimum absolute atomic E-state index is 0.00501. The highest BCUT2D eigenvalue weighted by atomic mass is 16.5. The molecule has 0 aliphatic carbocycles. The van der Waals surface area contributed by atoms with Crippen LogP contribution in [0.1, 0.15) is 43.1 Å². The van der Waals surface area contributed by atoms with Crippen LogP contribution in [0.3, 0.4) is 0 Å². The molecule has 0 unspecified atom stereocenters. The Morgan fingerprint density at radius 2 is 1.86 bits per heavy atom. The number of carbonyl (C=O) groups excluding carboxylic acids is 2. The molecule has 2 rings (SSSR count). The molecule has 0 aliphatic heterocycles. The van der Waals surface area contributed by atoms with Crippen molar-refractivity contribution in [1.29, 1.82) is 0 Å². The first kappa shape index (κ1) is 22.0. The first-order valence-corrected chi connectivity index (χ1v) is 9.64. The van der Waals surface area contributed by atoms with Crippen LogP contribution in [0, 0.1) is 0 Å². The predicted molar refractivity (Wildman–Crippen MR) is 115 cm³/mol. The zero-order chi connectivity index (χ0) is 21.2. The molecule has 0 spiro atoms. The van der Waals surface area contributed by atoms with Gasteiger partial charge in [0, 0.05) is 12.1 Å². The minimum Gasteiger partial charge on any atom is -0.493 e. The third-order valence-corrected chi connectivity index (χ3v) is 3.93. The summed E-state index contributed by atoms with van der Waals surface area (Å²) in [6.45, 7) is 6.41. The molecular formula is C23H28N2O4. The lowest BCUT2D eigenvalue weighted by molar-refractivity contribution is -0.111. The highest BCUT2D eigenvalue weighted by Gasteiger charge is 2.13. The van der Waals surface area contributed by atoms with Gasteiger partial charge in [-0.1, -0.05) is 25.1 Å². The molecule has 2 aromatic carbocycles. The summed E-state index contributed by atoms with van der Waals surface area (Å²) >= 11 is 0. The Labute approximate surface area is 171 Å². The van der Waals surface area contributed by atoms with Crippen LogP contribution in [0.4, 0.5) is 5.69 Å². The Morgan fingerprint density at radius 1 is 1.10 bits per heavy atom. The van der Waals surface area contributed by atoms with Crippen LogP contribution in [0.25, 0.3) is 6.08 Å². The van der Waals surface area contributed by atoms with Gasteiger partial charge < -0.3 is 20.1 Å². The maximum Gasteiger partial charge on any atom is 0.253 e. The van der Waals surface area contributed by atoms with Crippen molar-refractivity contribution in [3.05, 3.63) is 59.7 Å². The monoisotopic (exact) mass is 396 g/mol. The normalized spacial score (nSPS) is 10.8. The van der Waals surface area contributed by atoms with E-state index in [1.807, 2.05) is 32.9 Å². The summed E-state index contributed by atoms with van der Waals surface area (Å²) in [5.41, 5.74) is 1.68. The average Bonchev–Trinajstić information content (AvgIpc) is 2.70. The van der Waals surface area contributed by atoms with Crippen LogP contribution in [-0.2, 0) is 4.79 Å². The maximum absolute atomic E-state index is 12.4. The predicted octanol–water partition coefficient (Wildman–Crippen LogP) is 4.27. The topological polar surface area (TPSA) is 76.7 Å². The van der Waals surface area contributed by atoms with Gasteiger partial charge in [-0.3, -0.25) is 9.59 Å². The van der Waals surface area contributed by atoms with Crippen molar-refractivity contribution >= 4 is 23.6 Å². The Bertz CT molecular complexity index is 875. The van der Waals surface area contributed by atoms with E-state index < -0.39 is 0 Å². The van der Waals surface area contributed by atoms with E-state index >= 15 is 0 Å². The van der Waals surface area contributed by atoms with Crippen LogP contribution in [0.2, 0.25) is 0 Å². The zero-order valence-corrected chi connectivity index (χ0v) is 17.3. The number of para-hydroxylation sites is 1. The standard InChI is InChI=1S/C23H28N2O4/c1-5-14-29-20-12-10-17(15-21(20)28-4)11-13-22(26)25-19-9-7-6-8-18(19)23(27)24-16(2)3/h6-13,15-16H,5,14H2,1-4H3,(H,24,27)(H,25,26)/b13-11+. The van der Waals surface area contributed by atoms with Gasteiger partial charge in [-0.2, -0.15) is 0 Å². The van der Waals surface area contributed by atoms with Gasteiger partial charge in [0.25, 0.3) is 5.91 Å². The largest absolute Gasteiger partial charge is 0.493 e. The van der Waals surface area contributed by atoms with Gasteiger partial charge in [-0.15, -0.1) is 0 Å². The molecule has 0 radical (unpaired) electrons. The van der Waals surface area contributed by atoms with Crippen LogP contribution in [-0.4, -0.2) is 31.6 Å². The van der Waals surface area contributed by atoms with E-state index in [0.717, 1.165) is 12.0 Å². The number of hydrogen-bond acceptors (Lipinski definition) is 4. The molecule has 154 valence electrons. The molecule has 6 nitrogen and oxygen atoms in total. The molecule has 0 heterocycles.